The van der Waals surface area contributed by atoms with Crippen molar-refractivity contribution in [2.45, 2.75) is 25.9 Å². The zero-order chi connectivity index (χ0) is 16.6. The maximum Gasteiger partial charge on any atom is 0.169 e. The van der Waals surface area contributed by atoms with E-state index in [1.54, 1.807) is 11.3 Å². The van der Waals surface area contributed by atoms with Crippen molar-refractivity contribution in [2.24, 2.45) is 0 Å². The third-order valence-electron chi connectivity index (χ3n) is 4.93. The molecule has 2 aliphatic rings. The molecule has 0 fully saturated rings. The summed E-state index contributed by atoms with van der Waals surface area (Å²) in [4.78, 5) is 13.0. The van der Waals surface area contributed by atoms with Crippen molar-refractivity contribution in [3.05, 3.63) is 64.3 Å². The minimum absolute atomic E-state index is 0.818. The topological polar surface area (TPSA) is 38.2 Å². The van der Waals surface area contributed by atoms with Gasteiger partial charge in [0.1, 0.15) is 5.75 Å². The summed E-state index contributed by atoms with van der Waals surface area (Å²) in [6.45, 7) is 3.73. The molecule has 5 heteroatoms. The summed E-state index contributed by atoms with van der Waals surface area (Å²) in [6, 6.07) is 10.7. The van der Waals surface area contributed by atoms with Gasteiger partial charge in [-0.05, 0) is 40.6 Å². The number of rotatable bonds is 3. The summed E-state index contributed by atoms with van der Waals surface area (Å²) in [5, 5.41) is 2.07. The third kappa shape index (κ3) is 2.94. The van der Waals surface area contributed by atoms with Crippen molar-refractivity contribution < 1.29 is 4.74 Å². The number of fused-ring (bicyclic) bond motifs is 2. The molecule has 0 N–H and O–H groups in total. The Labute approximate surface area is 151 Å². The lowest BCUT2D eigenvalue weighted by atomic mass is 10.0. The average Bonchev–Trinajstić information content (AvgIpc) is 3.32. The van der Waals surface area contributed by atoms with Gasteiger partial charge in [-0.3, -0.25) is 4.90 Å². The van der Waals surface area contributed by atoms with Crippen LogP contribution in [0.15, 0.2) is 41.9 Å². The van der Waals surface area contributed by atoms with Crippen LogP contribution in [0.5, 0.6) is 5.75 Å². The number of aromatic nitrogens is 2. The Balaban J connectivity index is 1.36. The maximum absolute atomic E-state index is 5.61. The molecule has 0 bridgehead atoms. The molecule has 0 saturated heterocycles. The predicted molar refractivity (Wildman–Crippen MR) is 98.8 cm³/mol. The quantitative estimate of drug-likeness (QED) is 0.723. The van der Waals surface area contributed by atoms with Crippen molar-refractivity contribution in [2.75, 3.05) is 13.2 Å². The van der Waals surface area contributed by atoms with Crippen LogP contribution in [0.3, 0.4) is 0 Å². The molecule has 0 aliphatic carbocycles. The van der Waals surface area contributed by atoms with Crippen LogP contribution in [0, 0.1) is 0 Å². The van der Waals surface area contributed by atoms with Crippen molar-refractivity contribution in [3.63, 3.8) is 0 Å². The number of hydrogen-bond acceptors (Lipinski definition) is 5. The largest absolute Gasteiger partial charge is 0.493 e. The highest BCUT2D eigenvalue weighted by molar-refractivity contribution is 7.13. The number of ether oxygens (including phenoxy) is 1. The Bertz CT molecular complexity index is 907. The molecular formula is C20H19N3OS. The first-order chi connectivity index (χ1) is 12.3. The van der Waals surface area contributed by atoms with E-state index in [4.69, 9.17) is 9.72 Å². The van der Waals surface area contributed by atoms with E-state index < -0.39 is 0 Å². The molecule has 0 saturated carbocycles. The minimum Gasteiger partial charge on any atom is -0.493 e. The van der Waals surface area contributed by atoms with E-state index >= 15 is 0 Å². The summed E-state index contributed by atoms with van der Waals surface area (Å²) >= 11 is 1.69. The van der Waals surface area contributed by atoms with Crippen molar-refractivity contribution >= 4 is 11.3 Å². The lowest BCUT2D eigenvalue weighted by Crippen LogP contribution is -2.31. The van der Waals surface area contributed by atoms with Gasteiger partial charge in [0, 0.05) is 32.3 Å². The summed E-state index contributed by atoms with van der Waals surface area (Å²) in [6.07, 6.45) is 4.07. The highest BCUT2D eigenvalue weighted by Gasteiger charge is 2.20. The summed E-state index contributed by atoms with van der Waals surface area (Å²) in [5.41, 5.74) is 5.17. The van der Waals surface area contributed by atoms with Crippen LogP contribution in [-0.2, 0) is 25.9 Å². The van der Waals surface area contributed by atoms with Crippen LogP contribution >= 0.6 is 11.3 Å². The highest BCUT2D eigenvalue weighted by atomic mass is 32.1. The molecule has 0 spiro atoms. The van der Waals surface area contributed by atoms with Gasteiger partial charge in [0.15, 0.2) is 5.82 Å². The molecule has 0 radical (unpaired) electrons. The minimum atomic E-state index is 0.818. The highest BCUT2D eigenvalue weighted by Crippen LogP contribution is 2.28. The van der Waals surface area contributed by atoms with Gasteiger partial charge >= 0.3 is 0 Å². The van der Waals surface area contributed by atoms with Gasteiger partial charge in [-0.1, -0.05) is 18.2 Å². The van der Waals surface area contributed by atoms with Gasteiger partial charge in [0.2, 0.25) is 0 Å². The first-order valence-corrected chi connectivity index (χ1v) is 9.59. The van der Waals surface area contributed by atoms with Crippen LogP contribution in [0.1, 0.15) is 22.4 Å². The second kappa shape index (κ2) is 6.24. The Hall–Kier alpha value is -2.24. The van der Waals surface area contributed by atoms with Crippen LogP contribution in [0.4, 0.5) is 0 Å². The smallest absolute Gasteiger partial charge is 0.169 e. The SMILES string of the molecule is c1csc(-c2ncc3c(n2)CN(Cc2ccc4c(c2)CCO4)CC3)c1. The van der Waals surface area contributed by atoms with Gasteiger partial charge < -0.3 is 4.74 Å². The average molecular weight is 349 g/mol. The van der Waals surface area contributed by atoms with Gasteiger partial charge in [-0.15, -0.1) is 11.3 Å². The van der Waals surface area contributed by atoms with E-state index in [1.807, 2.05) is 12.3 Å². The van der Waals surface area contributed by atoms with Crippen LogP contribution < -0.4 is 4.74 Å². The predicted octanol–water partition coefficient (Wildman–Crippen LogP) is 3.70. The van der Waals surface area contributed by atoms with Gasteiger partial charge in [0.05, 0.1) is 17.2 Å². The normalized spacial score (nSPS) is 16.3. The molecule has 1 aromatic carbocycles. The van der Waals surface area contributed by atoms with E-state index in [-0.39, 0.29) is 0 Å². The molecule has 4 nitrogen and oxygen atoms in total. The number of thiophene rings is 1. The zero-order valence-electron chi connectivity index (χ0n) is 13.9. The van der Waals surface area contributed by atoms with E-state index in [9.17, 15) is 0 Å². The summed E-state index contributed by atoms with van der Waals surface area (Å²) in [7, 11) is 0. The molecule has 0 atom stereocenters. The Kier molecular flexibility index (Phi) is 3.76. The maximum atomic E-state index is 5.61. The molecule has 25 heavy (non-hydrogen) atoms. The second-order valence-corrected chi connectivity index (χ2v) is 7.59. The van der Waals surface area contributed by atoms with Gasteiger partial charge in [-0.25, -0.2) is 9.97 Å². The number of hydrogen-bond donors (Lipinski definition) is 0. The van der Waals surface area contributed by atoms with Gasteiger partial charge in [-0.2, -0.15) is 0 Å². The fourth-order valence-corrected chi connectivity index (χ4v) is 4.28. The first-order valence-electron chi connectivity index (χ1n) is 8.71. The molecule has 0 amide bonds. The lowest BCUT2D eigenvalue weighted by molar-refractivity contribution is 0.241. The zero-order valence-corrected chi connectivity index (χ0v) is 14.8. The first kappa shape index (κ1) is 15.0. The molecule has 0 unspecified atom stereocenters. The lowest BCUT2D eigenvalue weighted by Gasteiger charge is -2.28. The second-order valence-electron chi connectivity index (χ2n) is 6.64. The van der Waals surface area contributed by atoms with Crippen molar-refractivity contribution in [3.8, 4) is 16.5 Å². The molecule has 5 rings (SSSR count). The molecular weight excluding hydrogens is 330 g/mol. The Morgan fingerprint density at radius 1 is 1.16 bits per heavy atom. The molecule has 2 aromatic heterocycles. The molecule has 2 aliphatic heterocycles. The fraction of sp³-hybridized carbons (Fsp3) is 0.300. The van der Waals surface area contributed by atoms with E-state index in [0.717, 1.165) is 55.5 Å². The summed E-state index contributed by atoms with van der Waals surface area (Å²) in [5.74, 6) is 1.91. The molecule has 3 aromatic rings. The van der Waals surface area contributed by atoms with E-state index in [2.05, 4.69) is 39.5 Å². The van der Waals surface area contributed by atoms with Gasteiger partial charge in [0.25, 0.3) is 0 Å². The number of benzene rings is 1. The van der Waals surface area contributed by atoms with E-state index in [0.29, 0.717) is 0 Å². The molecule has 4 heterocycles. The third-order valence-corrected chi connectivity index (χ3v) is 5.79. The molecule has 126 valence electrons. The van der Waals surface area contributed by atoms with Crippen LogP contribution in [0.2, 0.25) is 0 Å². The Morgan fingerprint density at radius 3 is 3.08 bits per heavy atom. The van der Waals surface area contributed by atoms with E-state index in [1.165, 1.54) is 22.4 Å². The van der Waals surface area contributed by atoms with Crippen LogP contribution in [0.25, 0.3) is 10.7 Å². The Morgan fingerprint density at radius 2 is 2.16 bits per heavy atom. The summed E-state index contributed by atoms with van der Waals surface area (Å²) < 4.78 is 5.61. The number of nitrogens with zero attached hydrogens (tertiary/aromatic N) is 3. The van der Waals surface area contributed by atoms with Crippen molar-refractivity contribution in [1.29, 1.82) is 0 Å². The monoisotopic (exact) mass is 349 g/mol. The standard InChI is InChI=1S/C20H19N3OS/c1-2-19(25-9-1)20-21-11-16-5-7-23(13-17(16)22-20)12-14-3-4-18-15(10-14)6-8-24-18/h1-4,9-11H,5-8,12-13H2. The van der Waals surface area contributed by atoms with Crippen LogP contribution in [-0.4, -0.2) is 28.0 Å². The van der Waals surface area contributed by atoms with Crippen molar-refractivity contribution in [1.82, 2.24) is 14.9 Å². The fourth-order valence-electron chi connectivity index (χ4n) is 3.61.